The van der Waals surface area contributed by atoms with Gasteiger partial charge in [-0.05, 0) is 55.3 Å². The molecule has 0 amide bonds. The summed E-state index contributed by atoms with van der Waals surface area (Å²) in [5, 5.41) is 4.37. The van der Waals surface area contributed by atoms with Crippen LogP contribution in [-0.4, -0.2) is 24.7 Å². The highest BCUT2D eigenvalue weighted by molar-refractivity contribution is 5.97. The van der Waals surface area contributed by atoms with Crippen molar-refractivity contribution in [3.8, 4) is 5.75 Å². The number of benzene rings is 2. The number of hydrazone groups is 1. The fraction of sp³-hybridized carbons (Fsp3) is 0.263. The van der Waals surface area contributed by atoms with Gasteiger partial charge >= 0.3 is 5.84 Å². The highest BCUT2D eigenvalue weighted by Gasteiger charge is 2.30. The molecule has 3 rings (SSSR count). The van der Waals surface area contributed by atoms with Gasteiger partial charge in [0.1, 0.15) is 11.3 Å². The van der Waals surface area contributed by atoms with Crippen LogP contribution in [0.3, 0.4) is 0 Å². The van der Waals surface area contributed by atoms with Crippen molar-refractivity contribution in [2.45, 2.75) is 25.8 Å². The molecule has 0 aliphatic carbocycles. The summed E-state index contributed by atoms with van der Waals surface area (Å²) in [6.45, 7) is 4.38. The second-order valence-electron chi connectivity index (χ2n) is 6.36. The van der Waals surface area contributed by atoms with Crippen LogP contribution in [0.15, 0.2) is 53.6 Å². The summed E-state index contributed by atoms with van der Waals surface area (Å²) in [5.41, 5.74) is 6.69. The molecule has 23 heavy (non-hydrogen) atoms. The van der Waals surface area contributed by atoms with Crippen molar-refractivity contribution in [3.05, 3.63) is 65.2 Å². The van der Waals surface area contributed by atoms with Crippen molar-refractivity contribution in [1.82, 2.24) is 5.43 Å². The molecule has 0 saturated carbocycles. The van der Waals surface area contributed by atoms with Crippen molar-refractivity contribution < 1.29 is 9.73 Å². The van der Waals surface area contributed by atoms with Crippen LogP contribution in [-0.2, 0) is 6.42 Å². The van der Waals surface area contributed by atoms with Crippen LogP contribution < -0.4 is 15.2 Å². The average Bonchev–Trinajstić information content (AvgIpc) is 2.54. The third-order valence-electron chi connectivity index (χ3n) is 3.89. The Bertz CT molecular complexity index is 745. The van der Waals surface area contributed by atoms with Gasteiger partial charge in [0.05, 0.1) is 18.9 Å². The predicted octanol–water partition coefficient (Wildman–Crippen LogP) is 1.48. The normalized spacial score (nSPS) is 15.9. The summed E-state index contributed by atoms with van der Waals surface area (Å²) in [7, 11) is 1.66. The third kappa shape index (κ3) is 3.59. The minimum Gasteiger partial charge on any atom is -0.497 e. The van der Waals surface area contributed by atoms with Gasteiger partial charge in [-0.1, -0.05) is 23.3 Å². The Labute approximate surface area is 136 Å². The zero-order chi connectivity index (χ0) is 16.3. The highest BCUT2D eigenvalue weighted by atomic mass is 16.5. The van der Waals surface area contributed by atoms with Crippen LogP contribution in [0.1, 0.15) is 30.5 Å². The van der Waals surface area contributed by atoms with Gasteiger partial charge in [0.25, 0.3) is 0 Å². The van der Waals surface area contributed by atoms with Crippen molar-refractivity contribution in [2.24, 2.45) is 5.10 Å². The Morgan fingerprint density at radius 3 is 2.61 bits per heavy atom. The molecule has 1 heterocycles. The molecule has 0 aromatic heterocycles. The molecular weight excluding hydrogens is 286 g/mol. The maximum Gasteiger partial charge on any atom is 0.300 e. The van der Waals surface area contributed by atoms with Crippen molar-refractivity contribution in [2.75, 3.05) is 7.11 Å². The van der Waals surface area contributed by atoms with E-state index in [0.29, 0.717) is 0 Å². The molecule has 2 N–H and O–H groups in total. The first-order chi connectivity index (χ1) is 11.1. The van der Waals surface area contributed by atoms with Crippen molar-refractivity contribution in [1.29, 1.82) is 0 Å². The lowest BCUT2D eigenvalue weighted by Crippen LogP contribution is -2.89. The Morgan fingerprint density at radius 1 is 1.13 bits per heavy atom. The minimum absolute atomic E-state index is 0.00627. The number of rotatable bonds is 3. The molecule has 0 radical (unpaired) electrons. The SMILES string of the molecule is COc1ccc(/C=N\NC2=[NH+]C(C)(C)Cc3ccccc32)cc1. The van der Waals surface area contributed by atoms with Gasteiger partial charge in [0.15, 0.2) is 0 Å². The maximum atomic E-state index is 5.16. The Hall–Kier alpha value is -2.62. The highest BCUT2D eigenvalue weighted by Crippen LogP contribution is 2.16. The quantitative estimate of drug-likeness (QED) is 0.666. The van der Waals surface area contributed by atoms with Crippen LogP contribution in [0.5, 0.6) is 5.75 Å². The number of nitrogens with zero attached hydrogens (tertiary/aromatic N) is 1. The molecule has 1 aliphatic rings. The van der Waals surface area contributed by atoms with Gasteiger partial charge in [-0.25, -0.2) is 0 Å². The van der Waals surface area contributed by atoms with Crippen LogP contribution in [0.2, 0.25) is 0 Å². The van der Waals surface area contributed by atoms with Crippen molar-refractivity contribution >= 4 is 12.1 Å². The monoisotopic (exact) mass is 308 g/mol. The van der Waals surface area contributed by atoms with E-state index >= 15 is 0 Å². The number of fused-ring (bicyclic) bond motifs is 1. The molecule has 2 aromatic rings. The summed E-state index contributed by atoms with van der Waals surface area (Å²) in [5.74, 6) is 1.79. The summed E-state index contributed by atoms with van der Waals surface area (Å²) >= 11 is 0. The Balaban J connectivity index is 1.78. The molecule has 2 aromatic carbocycles. The second kappa shape index (κ2) is 6.24. The van der Waals surface area contributed by atoms with E-state index < -0.39 is 0 Å². The number of hydrogen-bond acceptors (Lipinski definition) is 3. The van der Waals surface area contributed by atoms with Gasteiger partial charge in [-0.2, -0.15) is 0 Å². The van der Waals surface area contributed by atoms with Gasteiger partial charge in [-0.15, -0.1) is 5.43 Å². The van der Waals surface area contributed by atoms with Gasteiger partial charge in [0, 0.05) is 6.42 Å². The average molecular weight is 308 g/mol. The van der Waals surface area contributed by atoms with E-state index in [1.54, 1.807) is 13.3 Å². The first kappa shape index (κ1) is 15.3. The van der Waals surface area contributed by atoms with Crippen molar-refractivity contribution in [3.63, 3.8) is 0 Å². The van der Waals surface area contributed by atoms with Gasteiger partial charge in [0.2, 0.25) is 0 Å². The summed E-state index contributed by atoms with van der Waals surface area (Å²) in [6, 6.07) is 16.2. The van der Waals surface area contributed by atoms with E-state index in [-0.39, 0.29) is 5.54 Å². The number of hydrogen-bond donors (Lipinski definition) is 2. The fourth-order valence-corrected chi connectivity index (χ4v) is 2.79. The molecule has 4 heteroatoms. The molecule has 0 fully saturated rings. The number of amidine groups is 1. The predicted molar refractivity (Wildman–Crippen MR) is 93.0 cm³/mol. The van der Waals surface area contributed by atoms with Crippen LogP contribution in [0.4, 0.5) is 0 Å². The van der Waals surface area contributed by atoms with E-state index in [4.69, 9.17) is 4.74 Å². The molecule has 0 spiro atoms. The largest absolute Gasteiger partial charge is 0.497 e. The van der Waals surface area contributed by atoms with Crippen LogP contribution in [0.25, 0.3) is 0 Å². The molecular formula is C19H22N3O+. The smallest absolute Gasteiger partial charge is 0.300 e. The molecule has 118 valence electrons. The lowest BCUT2D eigenvalue weighted by Gasteiger charge is -2.24. The Morgan fingerprint density at radius 2 is 1.87 bits per heavy atom. The van der Waals surface area contributed by atoms with Gasteiger partial charge in [-0.3, -0.25) is 4.99 Å². The fourth-order valence-electron chi connectivity index (χ4n) is 2.79. The summed E-state index contributed by atoms with van der Waals surface area (Å²) < 4.78 is 5.16. The molecule has 0 unspecified atom stereocenters. The molecule has 0 atom stereocenters. The molecule has 1 aliphatic heterocycles. The number of nitrogens with one attached hydrogen (secondary N) is 2. The topological polar surface area (TPSA) is 47.6 Å². The van der Waals surface area contributed by atoms with Crippen LogP contribution in [0, 0.1) is 0 Å². The minimum atomic E-state index is 0.00627. The van der Waals surface area contributed by atoms with E-state index in [0.717, 1.165) is 23.6 Å². The number of methoxy groups -OCH3 is 1. The molecule has 4 nitrogen and oxygen atoms in total. The molecule has 0 saturated heterocycles. The lowest BCUT2D eigenvalue weighted by atomic mass is 9.89. The third-order valence-corrected chi connectivity index (χ3v) is 3.89. The van der Waals surface area contributed by atoms with E-state index in [1.807, 2.05) is 30.3 Å². The van der Waals surface area contributed by atoms with Crippen LogP contribution >= 0.6 is 0 Å². The molecule has 0 bridgehead atoms. The maximum absolute atomic E-state index is 5.16. The lowest BCUT2D eigenvalue weighted by molar-refractivity contribution is -0.547. The standard InChI is InChI=1S/C19H21N3O/c1-19(2)12-15-6-4-5-7-17(15)18(21-19)22-20-13-14-8-10-16(23-3)11-9-14/h4-11,13H,12H2,1-3H3,(H,21,22)/p+1/b20-13-. The summed E-state index contributed by atoms with van der Waals surface area (Å²) in [4.78, 5) is 3.53. The Kier molecular flexibility index (Phi) is 4.15. The van der Waals surface area contributed by atoms with Gasteiger partial charge < -0.3 is 4.74 Å². The van der Waals surface area contributed by atoms with E-state index in [9.17, 15) is 0 Å². The first-order valence-electron chi connectivity index (χ1n) is 7.74. The van der Waals surface area contributed by atoms with E-state index in [1.165, 1.54) is 11.1 Å². The number of ether oxygens (including phenoxy) is 1. The second-order valence-corrected chi connectivity index (χ2v) is 6.36. The zero-order valence-corrected chi connectivity index (χ0v) is 13.8. The zero-order valence-electron chi connectivity index (χ0n) is 13.8. The first-order valence-corrected chi connectivity index (χ1v) is 7.74. The van der Waals surface area contributed by atoms with E-state index in [2.05, 4.69) is 47.6 Å². The summed E-state index contributed by atoms with van der Waals surface area (Å²) in [6.07, 6.45) is 2.80.